The van der Waals surface area contributed by atoms with E-state index in [1.165, 1.54) is 5.56 Å². The molecule has 32 heavy (non-hydrogen) atoms. The Bertz CT molecular complexity index is 793. The van der Waals surface area contributed by atoms with Crippen LogP contribution >= 0.6 is 24.0 Å². The van der Waals surface area contributed by atoms with Gasteiger partial charge in [-0.05, 0) is 51.3 Å². The molecule has 1 heterocycles. The summed E-state index contributed by atoms with van der Waals surface area (Å²) in [6, 6.07) is 8.39. The van der Waals surface area contributed by atoms with Crippen molar-refractivity contribution in [1.29, 1.82) is 0 Å². The molecule has 0 aliphatic carbocycles. The molecular weight excluding hydrogens is 519 g/mol. The van der Waals surface area contributed by atoms with E-state index in [1.54, 1.807) is 7.05 Å². The number of guanidine groups is 1. The van der Waals surface area contributed by atoms with Gasteiger partial charge >= 0.3 is 0 Å². The van der Waals surface area contributed by atoms with E-state index in [0.29, 0.717) is 12.5 Å². The Morgan fingerprint density at radius 3 is 2.59 bits per heavy atom. The van der Waals surface area contributed by atoms with Crippen LogP contribution in [0.5, 0.6) is 0 Å². The molecule has 1 aliphatic heterocycles. The zero-order chi connectivity index (χ0) is 23.0. The Morgan fingerprint density at radius 2 is 1.97 bits per heavy atom. The largest absolute Gasteiger partial charge is 0.369 e. The number of benzene rings is 1. The Hall–Kier alpha value is -1.88. The molecule has 9 heteroatoms. The zero-order valence-electron chi connectivity index (χ0n) is 20.0. The minimum absolute atomic E-state index is 0. The van der Waals surface area contributed by atoms with Crippen LogP contribution in [0.15, 0.2) is 29.3 Å². The Kier molecular flexibility index (Phi) is 11.4. The van der Waals surface area contributed by atoms with Crippen LogP contribution in [0, 0.1) is 5.92 Å². The summed E-state index contributed by atoms with van der Waals surface area (Å²) in [5.41, 5.74) is 7.58. The van der Waals surface area contributed by atoms with Crippen molar-refractivity contribution in [2.45, 2.75) is 52.2 Å². The maximum atomic E-state index is 12.2. The first-order valence-corrected chi connectivity index (χ1v) is 10.9. The maximum Gasteiger partial charge on any atom is 0.240 e. The van der Waals surface area contributed by atoms with Gasteiger partial charge in [0.1, 0.15) is 0 Å². The molecule has 0 aromatic heterocycles. The third kappa shape index (κ3) is 9.72. The van der Waals surface area contributed by atoms with Gasteiger partial charge in [0.15, 0.2) is 5.96 Å². The molecular formula is C23H39IN6O2. The van der Waals surface area contributed by atoms with Crippen molar-refractivity contribution in [3.8, 4) is 0 Å². The van der Waals surface area contributed by atoms with Crippen molar-refractivity contribution in [1.82, 2.24) is 20.4 Å². The molecule has 0 spiro atoms. The van der Waals surface area contributed by atoms with Gasteiger partial charge in [0, 0.05) is 39.3 Å². The number of likely N-dealkylation sites (tertiary alicyclic amines) is 1. The van der Waals surface area contributed by atoms with Gasteiger partial charge in [0.25, 0.3) is 0 Å². The monoisotopic (exact) mass is 558 g/mol. The maximum absolute atomic E-state index is 12.2. The average Bonchev–Trinajstić information content (AvgIpc) is 2.67. The van der Waals surface area contributed by atoms with Crippen LogP contribution in [-0.2, 0) is 22.7 Å². The van der Waals surface area contributed by atoms with E-state index >= 15 is 0 Å². The third-order valence-electron chi connectivity index (χ3n) is 5.22. The van der Waals surface area contributed by atoms with Gasteiger partial charge in [0.2, 0.25) is 11.8 Å². The van der Waals surface area contributed by atoms with Crippen LogP contribution in [0.1, 0.15) is 44.7 Å². The Morgan fingerprint density at radius 1 is 1.28 bits per heavy atom. The second kappa shape index (κ2) is 13.0. The van der Waals surface area contributed by atoms with Crippen molar-refractivity contribution in [3.63, 3.8) is 0 Å². The molecule has 2 rings (SSSR count). The van der Waals surface area contributed by atoms with Crippen molar-refractivity contribution in [2.24, 2.45) is 16.6 Å². The minimum atomic E-state index is -0.263. The predicted octanol–water partition coefficient (Wildman–Crippen LogP) is 1.92. The van der Waals surface area contributed by atoms with E-state index in [-0.39, 0.29) is 53.8 Å². The van der Waals surface area contributed by atoms with Gasteiger partial charge in [-0.3, -0.25) is 19.5 Å². The molecule has 2 amide bonds. The van der Waals surface area contributed by atoms with E-state index < -0.39 is 0 Å². The lowest BCUT2D eigenvalue weighted by molar-refractivity contribution is -0.124. The number of nitrogens with one attached hydrogen (secondary N) is 2. The molecule has 1 unspecified atom stereocenters. The van der Waals surface area contributed by atoms with Gasteiger partial charge in [-0.1, -0.05) is 24.3 Å². The van der Waals surface area contributed by atoms with Crippen LogP contribution in [0.2, 0.25) is 0 Å². The quantitative estimate of drug-likeness (QED) is 0.270. The number of amides is 2. The number of halogens is 1. The normalized spacial score (nSPS) is 17.3. The first-order valence-electron chi connectivity index (χ1n) is 10.9. The van der Waals surface area contributed by atoms with Crippen LogP contribution in [0.3, 0.4) is 0 Å². The van der Waals surface area contributed by atoms with Crippen molar-refractivity contribution in [2.75, 3.05) is 33.7 Å². The van der Waals surface area contributed by atoms with E-state index in [1.807, 2.05) is 38.8 Å². The second-order valence-corrected chi connectivity index (χ2v) is 9.35. The first-order chi connectivity index (χ1) is 14.6. The average molecular weight is 559 g/mol. The highest BCUT2D eigenvalue weighted by Gasteiger charge is 2.24. The zero-order valence-corrected chi connectivity index (χ0v) is 22.3. The molecule has 1 aliphatic rings. The smallest absolute Gasteiger partial charge is 0.240 e. The lowest BCUT2D eigenvalue weighted by Crippen LogP contribution is -2.48. The number of primary amides is 1. The van der Waals surface area contributed by atoms with Gasteiger partial charge in [0.05, 0.1) is 12.5 Å². The van der Waals surface area contributed by atoms with Crippen molar-refractivity contribution in [3.05, 3.63) is 35.4 Å². The topological polar surface area (TPSA) is 103 Å². The van der Waals surface area contributed by atoms with E-state index in [0.717, 1.165) is 38.0 Å². The molecule has 0 radical (unpaired) electrons. The summed E-state index contributed by atoms with van der Waals surface area (Å²) in [4.78, 5) is 32.1. The fourth-order valence-corrected chi connectivity index (χ4v) is 3.84. The Balaban J connectivity index is 0.00000512. The number of nitrogens with zero attached hydrogens (tertiary/aromatic N) is 3. The number of carbonyl (C=O) groups excluding carboxylic acids is 2. The van der Waals surface area contributed by atoms with Crippen molar-refractivity contribution < 1.29 is 9.59 Å². The molecule has 1 atom stereocenters. The van der Waals surface area contributed by atoms with Crippen LogP contribution in [-0.4, -0.2) is 66.8 Å². The van der Waals surface area contributed by atoms with Crippen molar-refractivity contribution >= 4 is 41.8 Å². The van der Waals surface area contributed by atoms with Gasteiger partial charge in [-0.25, -0.2) is 0 Å². The second-order valence-electron chi connectivity index (χ2n) is 9.35. The lowest BCUT2D eigenvalue weighted by Gasteiger charge is -2.31. The highest BCUT2D eigenvalue weighted by atomic mass is 127. The molecule has 8 nitrogen and oxygen atoms in total. The minimum Gasteiger partial charge on any atom is -0.369 e. The molecule has 1 fully saturated rings. The van der Waals surface area contributed by atoms with Crippen LogP contribution in [0.25, 0.3) is 0 Å². The summed E-state index contributed by atoms with van der Waals surface area (Å²) in [7, 11) is 3.56. The molecule has 1 aromatic carbocycles. The molecule has 4 N–H and O–H groups in total. The predicted molar refractivity (Wildman–Crippen MR) is 140 cm³/mol. The molecule has 0 saturated carbocycles. The number of rotatable bonds is 7. The summed E-state index contributed by atoms with van der Waals surface area (Å²) in [5, 5.41) is 6.29. The Labute approximate surface area is 209 Å². The fraction of sp³-hybridized carbons (Fsp3) is 0.609. The number of hydrogen-bond donors (Lipinski definition) is 3. The first kappa shape index (κ1) is 28.2. The number of carbonyl (C=O) groups is 2. The summed E-state index contributed by atoms with van der Waals surface area (Å²) in [6.45, 7) is 9.24. The summed E-state index contributed by atoms with van der Waals surface area (Å²) >= 11 is 0. The third-order valence-corrected chi connectivity index (χ3v) is 5.22. The van der Waals surface area contributed by atoms with E-state index in [4.69, 9.17) is 5.73 Å². The SMILES string of the molecule is CN=C(NCc1cccc(CN2CCCC(C(N)=O)C2)c1)N(C)CC(=O)NC(C)(C)C.I. The summed E-state index contributed by atoms with van der Waals surface area (Å²) < 4.78 is 0. The molecule has 1 saturated heterocycles. The van der Waals surface area contributed by atoms with Gasteiger partial charge in [-0.2, -0.15) is 0 Å². The highest BCUT2D eigenvalue weighted by molar-refractivity contribution is 14.0. The number of piperidine rings is 1. The van der Waals surface area contributed by atoms with E-state index in [2.05, 4.69) is 38.7 Å². The molecule has 180 valence electrons. The highest BCUT2D eigenvalue weighted by Crippen LogP contribution is 2.18. The standard InChI is InChI=1S/C23H38N6O2.HI/c1-23(2,3)27-20(30)16-28(5)22(25-4)26-13-17-8-6-9-18(12-17)14-29-11-7-10-19(15-29)21(24)31;/h6,8-9,12,19H,7,10-11,13-16H2,1-5H3,(H2,24,31)(H,25,26)(H,27,30);1H. The number of aliphatic imine (C=N–C) groups is 1. The molecule has 0 bridgehead atoms. The number of hydrogen-bond acceptors (Lipinski definition) is 4. The number of nitrogens with two attached hydrogens (primary N) is 1. The lowest BCUT2D eigenvalue weighted by atomic mass is 9.97. The fourth-order valence-electron chi connectivity index (χ4n) is 3.84. The summed E-state index contributed by atoms with van der Waals surface area (Å²) in [5.74, 6) is 0.368. The van der Waals surface area contributed by atoms with Gasteiger partial charge < -0.3 is 21.3 Å². The summed E-state index contributed by atoms with van der Waals surface area (Å²) in [6.07, 6.45) is 1.89. The van der Waals surface area contributed by atoms with E-state index in [9.17, 15) is 9.59 Å². The van der Waals surface area contributed by atoms with Crippen LogP contribution in [0.4, 0.5) is 0 Å². The van der Waals surface area contributed by atoms with Gasteiger partial charge in [-0.15, -0.1) is 24.0 Å². The molecule has 1 aromatic rings. The number of likely N-dealkylation sites (N-methyl/N-ethyl adjacent to an activating group) is 1. The van der Waals surface area contributed by atoms with Crippen LogP contribution < -0.4 is 16.4 Å².